The first-order valence-electron chi connectivity index (χ1n) is 9.84. The number of carboxylic acids is 1. The fraction of sp³-hybridized carbons (Fsp3) is 0.238. The van der Waals surface area contributed by atoms with Crippen LogP contribution in [0.5, 0.6) is 5.75 Å². The number of non-ortho nitro benzene ring substituents is 1. The average molecular weight is 455 g/mol. The molecule has 0 saturated carbocycles. The van der Waals surface area contributed by atoms with Gasteiger partial charge < -0.3 is 20.3 Å². The number of carboxylic acid groups (broad SMARTS) is 1. The van der Waals surface area contributed by atoms with E-state index in [1.54, 1.807) is 13.0 Å². The van der Waals surface area contributed by atoms with Crippen LogP contribution in [0.25, 0.3) is 5.69 Å². The van der Waals surface area contributed by atoms with Crippen LogP contribution in [0, 0.1) is 17.0 Å². The lowest BCUT2D eigenvalue weighted by molar-refractivity contribution is -0.384. The second-order valence-corrected chi connectivity index (χ2v) is 7.01. The summed E-state index contributed by atoms with van der Waals surface area (Å²) in [5.41, 5.74) is 0.108. The first-order chi connectivity index (χ1) is 15.8. The molecule has 3 aromatic rings. The summed E-state index contributed by atoms with van der Waals surface area (Å²) in [5.74, 6) is -1.17. The topological polar surface area (TPSA) is 170 Å². The third-order valence-corrected chi connectivity index (χ3v) is 4.60. The van der Waals surface area contributed by atoms with Crippen molar-refractivity contribution in [2.75, 3.05) is 13.2 Å². The van der Waals surface area contributed by atoms with E-state index in [0.29, 0.717) is 11.5 Å². The molecule has 3 rings (SSSR count). The highest BCUT2D eigenvalue weighted by atomic mass is 16.6. The monoisotopic (exact) mass is 455 g/mol. The molecule has 0 spiro atoms. The number of aromatic carboxylic acids is 1. The van der Waals surface area contributed by atoms with Crippen molar-refractivity contribution in [3.63, 3.8) is 0 Å². The van der Waals surface area contributed by atoms with Crippen LogP contribution in [0.3, 0.4) is 0 Å². The average Bonchev–Trinajstić information content (AvgIpc) is 3.23. The number of ether oxygens (including phenoxy) is 1. The summed E-state index contributed by atoms with van der Waals surface area (Å²) in [5, 5.41) is 37.3. The van der Waals surface area contributed by atoms with E-state index in [1.807, 2.05) is 0 Å². The van der Waals surface area contributed by atoms with E-state index >= 15 is 0 Å². The molecule has 1 unspecified atom stereocenters. The van der Waals surface area contributed by atoms with Crippen LogP contribution in [0.4, 0.5) is 5.69 Å². The van der Waals surface area contributed by atoms with E-state index in [0.717, 1.165) is 0 Å². The molecular weight excluding hydrogens is 434 g/mol. The van der Waals surface area contributed by atoms with E-state index < -0.39 is 22.9 Å². The number of nitro groups is 1. The number of rotatable bonds is 10. The smallest absolute Gasteiger partial charge is 0.336 e. The molecule has 12 heteroatoms. The number of nitrogens with zero attached hydrogens (tertiary/aromatic N) is 4. The number of aliphatic hydroxyl groups is 1. The van der Waals surface area contributed by atoms with Crippen LogP contribution >= 0.6 is 0 Å². The molecule has 1 amide bonds. The predicted molar refractivity (Wildman–Crippen MR) is 115 cm³/mol. The summed E-state index contributed by atoms with van der Waals surface area (Å²) >= 11 is 0. The maximum absolute atomic E-state index is 12.3. The molecule has 0 aliphatic heterocycles. The van der Waals surface area contributed by atoms with Gasteiger partial charge in [-0.3, -0.25) is 14.9 Å². The number of nitrogens with one attached hydrogen (secondary N) is 1. The lowest BCUT2D eigenvalue weighted by Crippen LogP contribution is -2.30. The molecule has 3 N–H and O–H groups in total. The predicted octanol–water partition coefficient (Wildman–Crippen LogP) is 1.74. The van der Waals surface area contributed by atoms with Crippen molar-refractivity contribution in [3.8, 4) is 11.4 Å². The molecule has 1 aromatic heterocycles. The fourth-order valence-corrected chi connectivity index (χ4v) is 2.97. The Hall–Kier alpha value is -4.32. The Morgan fingerprint density at radius 1 is 1.24 bits per heavy atom. The van der Waals surface area contributed by atoms with Crippen molar-refractivity contribution in [1.82, 2.24) is 20.1 Å². The number of amides is 1. The standard InChI is InChI=1S/C21H21N5O7/c1-13-23-12-25(24-13)18-7-6-14(26(31)32)10-19(18)33-11-15(27)8-9-22-20(28)16-4-2-3-5-17(16)21(29)30/h2-7,10,12,15,27H,8-9,11H2,1H3,(H,22,28)(H,29,30). The molecule has 0 bridgehead atoms. The highest BCUT2D eigenvalue weighted by molar-refractivity contribution is 6.04. The minimum atomic E-state index is -1.22. The molecule has 0 saturated heterocycles. The Bertz CT molecular complexity index is 1180. The number of aryl methyl sites for hydroxylation is 1. The van der Waals surface area contributed by atoms with Gasteiger partial charge in [0.15, 0.2) is 5.75 Å². The number of aliphatic hydroxyl groups excluding tert-OH is 1. The van der Waals surface area contributed by atoms with Gasteiger partial charge in [-0.1, -0.05) is 12.1 Å². The Morgan fingerprint density at radius 3 is 2.61 bits per heavy atom. The van der Waals surface area contributed by atoms with Crippen molar-refractivity contribution in [3.05, 3.63) is 75.9 Å². The van der Waals surface area contributed by atoms with Crippen LogP contribution in [-0.4, -0.2) is 61.0 Å². The van der Waals surface area contributed by atoms with Crippen molar-refractivity contribution in [2.24, 2.45) is 0 Å². The highest BCUT2D eigenvalue weighted by Gasteiger charge is 2.18. The number of aromatic nitrogens is 3. The lowest BCUT2D eigenvalue weighted by Gasteiger charge is -2.15. The van der Waals surface area contributed by atoms with E-state index in [1.165, 1.54) is 47.4 Å². The summed E-state index contributed by atoms with van der Waals surface area (Å²) in [6.45, 7) is 1.54. The highest BCUT2D eigenvalue weighted by Crippen LogP contribution is 2.28. The first-order valence-corrected chi connectivity index (χ1v) is 9.84. The quantitative estimate of drug-likeness (QED) is 0.304. The molecule has 2 aromatic carbocycles. The summed E-state index contributed by atoms with van der Waals surface area (Å²) < 4.78 is 7.02. The van der Waals surface area contributed by atoms with Crippen molar-refractivity contribution in [2.45, 2.75) is 19.4 Å². The zero-order valence-electron chi connectivity index (χ0n) is 17.5. The van der Waals surface area contributed by atoms with E-state index in [9.17, 15) is 29.9 Å². The molecule has 12 nitrogen and oxygen atoms in total. The molecular formula is C21H21N5O7. The Kier molecular flexibility index (Phi) is 7.31. The maximum Gasteiger partial charge on any atom is 0.336 e. The van der Waals surface area contributed by atoms with Crippen LogP contribution in [0.1, 0.15) is 33.0 Å². The second kappa shape index (κ2) is 10.3. The summed E-state index contributed by atoms with van der Waals surface area (Å²) in [7, 11) is 0. The van der Waals surface area contributed by atoms with Crippen molar-refractivity contribution >= 4 is 17.6 Å². The Morgan fingerprint density at radius 2 is 1.97 bits per heavy atom. The molecule has 0 aliphatic rings. The molecule has 0 aliphatic carbocycles. The fourth-order valence-electron chi connectivity index (χ4n) is 2.97. The van der Waals surface area contributed by atoms with Gasteiger partial charge in [0.2, 0.25) is 0 Å². The van der Waals surface area contributed by atoms with Crippen LogP contribution in [0.2, 0.25) is 0 Å². The van der Waals surface area contributed by atoms with E-state index in [-0.39, 0.29) is 42.1 Å². The summed E-state index contributed by atoms with van der Waals surface area (Å²) in [4.78, 5) is 38.1. The third kappa shape index (κ3) is 5.89. The van der Waals surface area contributed by atoms with Gasteiger partial charge in [0.25, 0.3) is 11.6 Å². The molecule has 33 heavy (non-hydrogen) atoms. The van der Waals surface area contributed by atoms with Gasteiger partial charge in [0.05, 0.1) is 28.2 Å². The van der Waals surface area contributed by atoms with Gasteiger partial charge in [-0.25, -0.2) is 14.5 Å². The molecule has 0 fully saturated rings. The Balaban J connectivity index is 1.60. The normalized spacial score (nSPS) is 11.6. The van der Waals surface area contributed by atoms with Gasteiger partial charge in [0.1, 0.15) is 24.4 Å². The zero-order valence-corrected chi connectivity index (χ0v) is 17.5. The largest absolute Gasteiger partial charge is 0.488 e. The molecule has 0 radical (unpaired) electrons. The van der Waals surface area contributed by atoms with Gasteiger partial charge in [-0.15, -0.1) is 0 Å². The summed E-state index contributed by atoms with van der Waals surface area (Å²) in [6.07, 6.45) is 0.530. The summed E-state index contributed by atoms with van der Waals surface area (Å²) in [6, 6.07) is 9.79. The minimum Gasteiger partial charge on any atom is -0.488 e. The number of benzene rings is 2. The van der Waals surface area contributed by atoms with Crippen LogP contribution < -0.4 is 10.1 Å². The van der Waals surface area contributed by atoms with Gasteiger partial charge >= 0.3 is 5.97 Å². The van der Waals surface area contributed by atoms with Gasteiger partial charge in [-0.05, 0) is 31.5 Å². The van der Waals surface area contributed by atoms with Gasteiger partial charge in [0, 0.05) is 12.6 Å². The number of nitro benzene ring substituents is 1. The maximum atomic E-state index is 12.3. The lowest BCUT2D eigenvalue weighted by atomic mass is 10.1. The zero-order chi connectivity index (χ0) is 24.0. The van der Waals surface area contributed by atoms with E-state index in [4.69, 9.17) is 4.74 Å². The molecule has 1 atom stereocenters. The van der Waals surface area contributed by atoms with Gasteiger partial charge in [-0.2, -0.15) is 5.10 Å². The van der Waals surface area contributed by atoms with Crippen molar-refractivity contribution in [1.29, 1.82) is 0 Å². The number of hydrogen-bond acceptors (Lipinski definition) is 8. The van der Waals surface area contributed by atoms with Crippen molar-refractivity contribution < 1.29 is 29.5 Å². The second-order valence-electron chi connectivity index (χ2n) is 7.01. The van der Waals surface area contributed by atoms with Crippen LogP contribution in [0.15, 0.2) is 48.8 Å². The van der Waals surface area contributed by atoms with E-state index in [2.05, 4.69) is 15.4 Å². The van der Waals surface area contributed by atoms with Crippen LogP contribution in [-0.2, 0) is 0 Å². The first kappa shape index (κ1) is 23.3. The third-order valence-electron chi connectivity index (χ3n) is 4.60. The molecule has 1 heterocycles. The number of carbonyl (C=O) groups is 2. The number of hydrogen-bond donors (Lipinski definition) is 3. The Labute approximate surface area is 187 Å². The SMILES string of the molecule is Cc1ncn(-c2ccc([N+](=O)[O-])cc2OCC(O)CCNC(=O)c2ccccc2C(=O)O)n1. The molecule has 172 valence electrons. The minimum absolute atomic E-state index is 0.0140. The number of carbonyl (C=O) groups excluding carboxylic acids is 1.